The second-order valence-electron chi connectivity index (χ2n) is 21.2. The molecule has 6 fully saturated rings. The van der Waals surface area contributed by atoms with E-state index in [9.17, 15) is 9.59 Å². The topological polar surface area (TPSA) is 172 Å². The van der Waals surface area contributed by atoms with Crippen LogP contribution in [-0.4, -0.2) is 106 Å². The number of aromatic nitrogens is 4. The Morgan fingerprint density at radius 3 is 1.39 bits per heavy atom. The summed E-state index contributed by atoms with van der Waals surface area (Å²) in [6.45, 7) is 7.51. The van der Waals surface area contributed by atoms with Gasteiger partial charge in [-0.15, -0.1) is 0 Å². The molecule has 2 aromatic heterocycles. The molecule has 0 bridgehead atoms. The Labute approximate surface area is 415 Å². The van der Waals surface area contributed by atoms with Crippen LogP contribution in [0.5, 0.6) is 0 Å². The summed E-state index contributed by atoms with van der Waals surface area (Å²) in [5.41, 5.74) is 6.24. The van der Waals surface area contributed by atoms with E-state index in [1.807, 2.05) is 36.4 Å². The van der Waals surface area contributed by atoms with Gasteiger partial charge in [-0.05, 0) is 137 Å². The highest BCUT2D eigenvalue weighted by molar-refractivity contribution is 5.89. The summed E-state index contributed by atoms with van der Waals surface area (Å²) in [5.74, 6) is 4.13. The molecule has 4 atom stereocenters. The van der Waals surface area contributed by atoms with Crippen molar-refractivity contribution < 1.29 is 28.5 Å². The number of aromatic carboxylic acids is 1. The second kappa shape index (κ2) is 20.6. The number of rotatable bonds is 18. The van der Waals surface area contributed by atoms with Crippen LogP contribution >= 0.6 is 0 Å². The van der Waals surface area contributed by atoms with Crippen LogP contribution in [-0.2, 0) is 28.7 Å². The van der Waals surface area contributed by atoms with Crippen molar-refractivity contribution in [1.29, 1.82) is 0 Å². The third-order valence-electron chi connectivity index (χ3n) is 16.2. The van der Waals surface area contributed by atoms with E-state index in [1.165, 1.54) is 36.6 Å². The van der Waals surface area contributed by atoms with Gasteiger partial charge >= 0.3 is 11.9 Å². The minimum Gasteiger partial charge on any atom is -0.478 e. The zero-order valence-electron chi connectivity index (χ0n) is 40.8. The van der Waals surface area contributed by atoms with E-state index in [1.54, 1.807) is 12.1 Å². The van der Waals surface area contributed by atoms with Gasteiger partial charge in [-0.2, -0.15) is 9.97 Å². The molecule has 0 spiro atoms. The molecule has 4 aliphatic carbocycles. The minimum atomic E-state index is -0.885. The number of ether oxygens (including phenoxy) is 1. The maximum absolute atomic E-state index is 11.6. The Kier molecular flexibility index (Phi) is 13.7. The highest BCUT2D eigenvalue weighted by Gasteiger charge is 2.52. The SMILES string of the molecule is COC(=O)c1ccc(CN2CCC(c3nc(C4(CN[C@H]5CC5c5ccccc5)CC4)no3)CC2)cc1.O=C(O)c1ccc(CN2CCC(c3nc(C4(CN[C@H]5CC5c5ccccc5)CC4)no3)CC2)cc1. The first-order valence-electron chi connectivity index (χ1n) is 25.9. The highest BCUT2D eigenvalue weighted by Crippen LogP contribution is 2.50. The van der Waals surface area contributed by atoms with Gasteiger partial charge in [0.25, 0.3) is 0 Å². The van der Waals surface area contributed by atoms with Crippen molar-refractivity contribution in [2.45, 2.75) is 124 Å². The Bertz CT molecular complexity index is 2720. The van der Waals surface area contributed by atoms with E-state index >= 15 is 0 Å². The predicted octanol–water partition coefficient (Wildman–Crippen LogP) is 8.74. The van der Waals surface area contributed by atoms with Crippen molar-refractivity contribution >= 4 is 11.9 Å². The van der Waals surface area contributed by atoms with Gasteiger partial charge in [0.2, 0.25) is 11.8 Å². The summed E-state index contributed by atoms with van der Waals surface area (Å²) in [7, 11) is 1.41. The Morgan fingerprint density at radius 1 is 0.606 bits per heavy atom. The zero-order valence-corrected chi connectivity index (χ0v) is 40.8. The predicted molar refractivity (Wildman–Crippen MR) is 267 cm³/mol. The van der Waals surface area contributed by atoms with E-state index in [2.05, 4.69) is 91.4 Å². The van der Waals surface area contributed by atoms with Crippen LogP contribution in [0.2, 0.25) is 0 Å². The molecule has 4 saturated carbocycles. The molecule has 14 heteroatoms. The monoisotopic (exact) mass is 959 g/mol. The molecule has 4 aromatic carbocycles. The molecule has 3 N–H and O–H groups in total. The largest absolute Gasteiger partial charge is 0.478 e. The fourth-order valence-corrected chi connectivity index (χ4v) is 10.9. The van der Waals surface area contributed by atoms with Gasteiger partial charge in [0.1, 0.15) is 0 Å². The standard InChI is InChI=1S/C29H34N4O3.C28H32N4O3/c1-35-27(34)23-9-7-20(8-10-23)18-33-15-11-22(12-16-33)26-31-28(32-36-26)29(13-14-29)19-30-25-17-24(25)21-5-3-2-4-6-21;33-26(34)22-8-6-19(7-9-22)17-32-14-10-21(11-15-32)25-30-27(31-35-25)28(12-13-28)18-29-24-16-23(24)20-4-2-1-3-5-20/h2-10,22,24-25,30H,11-19H2,1H3;1-9,21,23-24,29H,10-18H2,(H,33,34)/t24?,25-;23?,24-/m00/s1. The molecule has 6 aromatic rings. The number of piperidine rings is 2. The van der Waals surface area contributed by atoms with Gasteiger partial charge in [0.05, 0.1) is 18.2 Å². The van der Waals surface area contributed by atoms with Gasteiger partial charge < -0.3 is 29.5 Å². The van der Waals surface area contributed by atoms with Gasteiger partial charge in [-0.25, -0.2) is 9.59 Å². The number of likely N-dealkylation sites (tertiary alicyclic amines) is 2. The molecule has 2 unspecified atom stereocenters. The molecule has 0 amide bonds. The lowest BCUT2D eigenvalue weighted by molar-refractivity contribution is 0.0599. The van der Waals surface area contributed by atoms with E-state index < -0.39 is 5.97 Å². The number of carbonyl (C=O) groups is 2. The Balaban J connectivity index is 0.000000154. The van der Waals surface area contributed by atoms with Crippen LogP contribution in [0.1, 0.15) is 154 Å². The third-order valence-corrected chi connectivity index (χ3v) is 16.2. The third kappa shape index (κ3) is 11.2. The summed E-state index contributed by atoms with van der Waals surface area (Å²) in [5, 5.41) is 25.5. The first kappa shape index (κ1) is 47.3. The number of esters is 1. The number of nitrogens with one attached hydrogen (secondary N) is 2. The number of methoxy groups -OCH3 is 1. The van der Waals surface area contributed by atoms with Crippen LogP contribution in [0, 0.1) is 0 Å². The zero-order chi connectivity index (χ0) is 48.4. The Hall–Kier alpha value is -6.06. The summed E-state index contributed by atoms with van der Waals surface area (Å²) in [4.78, 5) is 37.3. The number of benzene rings is 4. The summed E-state index contributed by atoms with van der Waals surface area (Å²) < 4.78 is 16.3. The lowest BCUT2D eigenvalue weighted by atomic mass is 9.96. The van der Waals surface area contributed by atoms with Gasteiger partial charge in [-0.3, -0.25) is 9.80 Å². The fraction of sp³-hybridized carbons (Fsp3) is 0.474. The molecule has 2 saturated heterocycles. The van der Waals surface area contributed by atoms with Crippen molar-refractivity contribution in [2.24, 2.45) is 0 Å². The number of hydrogen-bond donors (Lipinski definition) is 3. The van der Waals surface area contributed by atoms with Crippen LogP contribution in [0.25, 0.3) is 0 Å². The number of hydrogen-bond acceptors (Lipinski definition) is 13. The quantitative estimate of drug-likeness (QED) is 0.0699. The smallest absolute Gasteiger partial charge is 0.337 e. The molecule has 0 radical (unpaired) electrons. The normalized spacial score (nSPS) is 23.6. The molecule has 12 rings (SSSR count). The summed E-state index contributed by atoms with van der Waals surface area (Å²) in [6.07, 6.45) is 11.0. The van der Waals surface area contributed by atoms with Crippen LogP contribution < -0.4 is 10.6 Å². The maximum Gasteiger partial charge on any atom is 0.337 e. The minimum absolute atomic E-state index is 0.0500. The molecule has 370 valence electrons. The summed E-state index contributed by atoms with van der Waals surface area (Å²) >= 11 is 0. The molecule has 6 aliphatic rings. The fourth-order valence-electron chi connectivity index (χ4n) is 10.9. The molecule has 14 nitrogen and oxygen atoms in total. The average molecular weight is 959 g/mol. The van der Waals surface area contributed by atoms with Gasteiger partial charge in [-0.1, -0.05) is 95.2 Å². The van der Waals surface area contributed by atoms with Crippen molar-refractivity contribution in [3.05, 3.63) is 166 Å². The first-order chi connectivity index (χ1) is 34.7. The maximum atomic E-state index is 11.6. The van der Waals surface area contributed by atoms with Crippen LogP contribution in [0.3, 0.4) is 0 Å². The van der Waals surface area contributed by atoms with Gasteiger partial charge in [0, 0.05) is 72.8 Å². The van der Waals surface area contributed by atoms with Crippen molar-refractivity contribution in [2.75, 3.05) is 46.4 Å². The van der Waals surface area contributed by atoms with E-state index in [0.717, 1.165) is 133 Å². The van der Waals surface area contributed by atoms with E-state index in [0.29, 0.717) is 46.9 Å². The molecule has 4 heterocycles. The first-order valence-corrected chi connectivity index (χ1v) is 25.9. The Morgan fingerprint density at radius 2 is 1.01 bits per heavy atom. The second-order valence-corrected chi connectivity index (χ2v) is 21.2. The molecular weight excluding hydrogens is 893 g/mol. The van der Waals surface area contributed by atoms with Crippen molar-refractivity contribution in [1.82, 2.24) is 40.7 Å². The molecule has 2 aliphatic heterocycles. The van der Waals surface area contributed by atoms with Gasteiger partial charge in [0.15, 0.2) is 11.6 Å². The lowest BCUT2D eigenvalue weighted by Crippen LogP contribution is -2.32. The number of carbonyl (C=O) groups excluding carboxylic acids is 1. The summed E-state index contributed by atoms with van der Waals surface area (Å²) in [6, 6.07) is 37.6. The van der Waals surface area contributed by atoms with Crippen LogP contribution in [0.15, 0.2) is 118 Å². The molecular formula is C57H66N8O6. The van der Waals surface area contributed by atoms with E-state index in [-0.39, 0.29) is 16.8 Å². The number of nitrogens with zero attached hydrogens (tertiary/aromatic N) is 6. The lowest BCUT2D eigenvalue weighted by Gasteiger charge is -2.30. The number of carboxylic acid groups (broad SMARTS) is 1. The van der Waals surface area contributed by atoms with E-state index in [4.69, 9.17) is 28.9 Å². The number of carboxylic acids is 1. The highest BCUT2D eigenvalue weighted by atomic mass is 16.5. The van der Waals surface area contributed by atoms with Crippen molar-refractivity contribution in [3.8, 4) is 0 Å². The molecule has 71 heavy (non-hydrogen) atoms. The van der Waals surface area contributed by atoms with Crippen molar-refractivity contribution in [3.63, 3.8) is 0 Å². The average Bonchev–Trinajstić information content (AvgIpc) is 4.33. The van der Waals surface area contributed by atoms with Crippen LogP contribution in [0.4, 0.5) is 0 Å².